The van der Waals surface area contributed by atoms with Gasteiger partial charge >= 0.3 is 0 Å². The number of rotatable bonds is 6. The molecule has 0 saturated carbocycles. The first kappa shape index (κ1) is 22.4. The zero-order valence-electron chi connectivity index (χ0n) is 19.2. The maximum atomic E-state index is 12.7. The van der Waals surface area contributed by atoms with Crippen LogP contribution in [0, 0.1) is 5.92 Å². The number of fused-ring (bicyclic) bond motifs is 1. The van der Waals surface area contributed by atoms with E-state index in [9.17, 15) is 9.59 Å². The van der Waals surface area contributed by atoms with Crippen LogP contribution < -0.4 is 10.1 Å². The van der Waals surface area contributed by atoms with Crippen molar-refractivity contribution in [3.63, 3.8) is 0 Å². The van der Waals surface area contributed by atoms with E-state index >= 15 is 0 Å². The summed E-state index contributed by atoms with van der Waals surface area (Å²) in [6.07, 6.45) is 8.96. The zero-order valence-corrected chi connectivity index (χ0v) is 19.2. The van der Waals surface area contributed by atoms with Crippen molar-refractivity contribution >= 4 is 17.5 Å². The lowest BCUT2D eigenvalue weighted by Gasteiger charge is -2.35. The molecule has 3 aromatic rings. The number of pyridine rings is 1. The van der Waals surface area contributed by atoms with E-state index in [2.05, 4.69) is 10.3 Å². The molecule has 2 amide bonds. The van der Waals surface area contributed by atoms with Gasteiger partial charge in [-0.05, 0) is 48.7 Å². The molecule has 8 heteroatoms. The van der Waals surface area contributed by atoms with Crippen LogP contribution in [0.3, 0.4) is 0 Å². The predicted molar refractivity (Wildman–Crippen MR) is 127 cm³/mol. The smallest absolute Gasteiger partial charge is 0.251 e. The number of aromatic nitrogens is 2. The first-order valence-corrected chi connectivity index (χ1v) is 12.0. The van der Waals surface area contributed by atoms with Gasteiger partial charge in [0.2, 0.25) is 5.91 Å². The van der Waals surface area contributed by atoms with Crippen LogP contribution >= 0.6 is 0 Å². The highest BCUT2D eigenvalue weighted by molar-refractivity contribution is 5.94. The quantitative estimate of drug-likeness (QED) is 0.609. The van der Waals surface area contributed by atoms with Gasteiger partial charge in [-0.3, -0.25) is 9.59 Å². The molecule has 2 aromatic heterocycles. The number of piperidine rings is 1. The van der Waals surface area contributed by atoms with E-state index in [1.54, 1.807) is 18.3 Å². The van der Waals surface area contributed by atoms with Gasteiger partial charge in [-0.25, -0.2) is 4.98 Å². The van der Waals surface area contributed by atoms with Gasteiger partial charge in [0, 0.05) is 75.8 Å². The van der Waals surface area contributed by atoms with E-state index < -0.39 is 0 Å². The molecule has 0 radical (unpaired) electrons. The third kappa shape index (κ3) is 5.22. The van der Waals surface area contributed by atoms with Gasteiger partial charge in [0.05, 0.1) is 0 Å². The summed E-state index contributed by atoms with van der Waals surface area (Å²) in [7, 11) is 0. The molecule has 0 atom stereocenters. The minimum Gasteiger partial charge on any atom is -0.490 e. The van der Waals surface area contributed by atoms with Crippen LogP contribution in [-0.4, -0.2) is 58.5 Å². The number of carbonyl (C=O) groups is 2. The number of imidazole rings is 1. The van der Waals surface area contributed by atoms with Gasteiger partial charge in [0.25, 0.3) is 5.91 Å². The standard InChI is InChI=1S/C26H30N4O4/c31-25(28-17-19-1-6-24-27-11-14-30(24)18-19)20-2-4-22(5-3-20)34-23-7-12-29(13-8-23)26(32)21-9-15-33-16-10-21/h1-6,11,14,18,21,23H,7-10,12-13,15-17H2,(H,28,31). The fourth-order valence-corrected chi connectivity index (χ4v) is 4.63. The average molecular weight is 463 g/mol. The summed E-state index contributed by atoms with van der Waals surface area (Å²) >= 11 is 0. The van der Waals surface area contributed by atoms with E-state index in [1.165, 1.54) is 0 Å². The first-order valence-electron chi connectivity index (χ1n) is 12.0. The lowest BCUT2D eigenvalue weighted by Crippen LogP contribution is -2.45. The Hall–Kier alpha value is -3.39. The molecule has 0 unspecified atom stereocenters. The van der Waals surface area contributed by atoms with Crippen LogP contribution in [-0.2, 0) is 16.1 Å². The van der Waals surface area contributed by atoms with Crippen LogP contribution in [0.1, 0.15) is 41.6 Å². The number of hydrogen-bond donors (Lipinski definition) is 1. The number of likely N-dealkylation sites (tertiary alicyclic amines) is 1. The Morgan fingerprint density at radius 2 is 1.79 bits per heavy atom. The number of benzene rings is 1. The van der Waals surface area contributed by atoms with Gasteiger partial charge in [0.15, 0.2) is 0 Å². The third-order valence-corrected chi connectivity index (χ3v) is 6.65. The predicted octanol–water partition coefficient (Wildman–Crippen LogP) is 3.06. The van der Waals surface area contributed by atoms with Gasteiger partial charge in [-0.1, -0.05) is 6.07 Å². The minimum atomic E-state index is -0.128. The Balaban J connectivity index is 1.08. The highest BCUT2D eigenvalue weighted by Crippen LogP contribution is 2.23. The molecular weight excluding hydrogens is 432 g/mol. The lowest BCUT2D eigenvalue weighted by atomic mass is 9.97. The molecule has 5 rings (SSSR count). The number of nitrogens with zero attached hydrogens (tertiary/aromatic N) is 3. The molecular formula is C26H30N4O4. The lowest BCUT2D eigenvalue weighted by molar-refractivity contribution is -0.140. The zero-order chi connectivity index (χ0) is 23.3. The maximum absolute atomic E-state index is 12.7. The topological polar surface area (TPSA) is 85.2 Å². The summed E-state index contributed by atoms with van der Waals surface area (Å²) in [5.41, 5.74) is 2.47. The van der Waals surface area contributed by atoms with E-state index in [0.29, 0.717) is 25.3 Å². The Kier molecular flexibility index (Phi) is 6.76. The highest BCUT2D eigenvalue weighted by atomic mass is 16.5. The average Bonchev–Trinajstić information content (AvgIpc) is 3.36. The fraction of sp³-hybridized carbons (Fsp3) is 0.423. The van der Waals surface area contributed by atoms with Crippen LogP contribution in [0.5, 0.6) is 5.75 Å². The number of ether oxygens (including phenoxy) is 2. The molecule has 2 saturated heterocycles. The van der Waals surface area contributed by atoms with Crippen molar-refractivity contribution in [2.24, 2.45) is 5.92 Å². The third-order valence-electron chi connectivity index (χ3n) is 6.65. The Bertz CT molecular complexity index is 1130. The molecule has 2 aliphatic heterocycles. The Morgan fingerprint density at radius 1 is 1.03 bits per heavy atom. The van der Waals surface area contributed by atoms with Gasteiger partial charge < -0.3 is 24.1 Å². The van der Waals surface area contributed by atoms with E-state index in [-0.39, 0.29) is 23.8 Å². The second-order valence-electron chi connectivity index (χ2n) is 8.97. The summed E-state index contributed by atoms with van der Waals surface area (Å²) in [6.45, 7) is 3.27. The second kappa shape index (κ2) is 10.3. The normalized spacial score (nSPS) is 17.6. The molecule has 2 fully saturated rings. The van der Waals surface area contributed by atoms with Crippen LogP contribution in [0.4, 0.5) is 0 Å². The van der Waals surface area contributed by atoms with Crippen molar-refractivity contribution in [3.8, 4) is 5.75 Å². The fourth-order valence-electron chi connectivity index (χ4n) is 4.63. The maximum Gasteiger partial charge on any atom is 0.251 e. The van der Waals surface area contributed by atoms with Crippen LogP contribution in [0.15, 0.2) is 55.0 Å². The summed E-state index contributed by atoms with van der Waals surface area (Å²) in [6, 6.07) is 11.1. The number of hydrogen-bond acceptors (Lipinski definition) is 5. The molecule has 1 aromatic carbocycles. The summed E-state index contributed by atoms with van der Waals surface area (Å²) in [5.74, 6) is 0.995. The SMILES string of the molecule is O=C(NCc1ccc2nccn2c1)c1ccc(OC2CCN(C(=O)C3CCOCC3)CC2)cc1. The molecule has 34 heavy (non-hydrogen) atoms. The summed E-state index contributed by atoms with van der Waals surface area (Å²) in [5, 5.41) is 2.96. The molecule has 2 aliphatic rings. The highest BCUT2D eigenvalue weighted by Gasteiger charge is 2.30. The van der Waals surface area contributed by atoms with Crippen molar-refractivity contribution in [1.82, 2.24) is 19.6 Å². The monoisotopic (exact) mass is 462 g/mol. The van der Waals surface area contributed by atoms with Crippen LogP contribution in [0.2, 0.25) is 0 Å². The van der Waals surface area contributed by atoms with E-state index in [4.69, 9.17) is 9.47 Å². The molecule has 8 nitrogen and oxygen atoms in total. The van der Waals surface area contributed by atoms with E-state index in [1.807, 2.05) is 46.0 Å². The largest absolute Gasteiger partial charge is 0.490 e. The Labute approximate surface area is 198 Å². The second-order valence-corrected chi connectivity index (χ2v) is 8.97. The first-order chi connectivity index (χ1) is 16.7. The van der Waals surface area contributed by atoms with Gasteiger partial charge in [-0.2, -0.15) is 0 Å². The Morgan fingerprint density at radius 3 is 2.56 bits per heavy atom. The van der Waals surface area contributed by atoms with Crippen molar-refractivity contribution in [3.05, 3.63) is 66.1 Å². The van der Waals surface area contributed by atoms with Crippen molar-refractivity contribution < 1.29 is 19.1 Å². The molecule has 1 N–H and O–H groups in total. The van der Waals surface area contributed by atoms with E-state index in [0.717, 1.165) is 55.7 Å². The summed E-state index contributed by atoms with van der Waals surface area (Å²) in [4.78, 5) is 31.4. The minimum absolute atomic E-state index is 0.0801. The van der Waals surface area contributed by atoms with Crippen LogP contribution in [0.25, 0.3) is 5.65 Å². The molecule has 0 bridgehead atoms. The van der Waals surface area contributed by atoms with Crippen molar-refractivity contribution in [2.45, 2.75) is 38.3 Å². The van der Waals surface area contributed by atoms with Crippen molar-refractivity contribution in [2.75, 3.05) is 26.3 Å². The number of amides is 2. The van der Waals surface area contributed by atoms with Gasteiger partial charge in [-0.15, -0.1) is 0 Å². The molecule has 178 valence electrons. The van der Waals surface area contributed by atoms with Gasteiger partial charge in [0.1, 0.15) is 17.5 Å². The van der Waals surface area contributed by atoms with Crippen molar-refractivity contribution in [1.29, 1.82) is 0 Å². The number of nitrogens with one attached hydrogen (secondary N) is 1. The summed E-state index contributed by atoms with van der Waals surface area (Å²) < 4.78 is 13.4. The molecule has 0 aliphatic carbocycles. The molecule has 4 heterocycles. The molecule has 0 spiro atoms. The number of carbonyl (C=O) groups excluding carboxylic acids is 2.